The summed E-state index contributed by atoms with van der Waals surface area (Å²) in [5.74, 6) is 0.140. The summed E-state index contributed by atoms with van der Waals surface area (Å²) in [4.78, 5) is 12.6. The van der Waals surface area contributed by atoms with Crippen molar-refractivity contribution in [2.45, 2.75) is 43.2 Å². The van der Waals surface area contributed by atoms with Crippen molar-refractivity contribution in [3.8, 4) is 5.75 Å². The highest BCUT2D eigenvalue weighted by Crippen LogP contribution is 2.23. The Kier molecular flexibility index (Phi) is 7.05. The summed E-state index contributed by atoms with van der Waals surface area (Å²) in [6, 6.07) is 19.8. The number of nitrogens with one attached hydrogen (secondary N) is 2. The minimum absolute atomic E-state index is 0.0604. The van der Waals surface area contributed by atoms with Gasteiger partial charge in [0.1, 0.15) is 18.2 Å². The first-order chi connectivity index (χ1) is 15.9. The molecule has 2 N–H and O–H groups in total. The lowest BCUT2D eigenvalue weighted by atomic mass is 10.1. The van der Waals surface area contributed by atoms with Gasteiger partial charge in [0.05, 0.1) is 4.90 Å². The van der Waals surface area contributed by atoms with Crippen molar-refractivity contribution >= 4 is 21.6 Å². The lowest BCUT2D eigenvalue weighted by molar-refractivity contribution is -0.116. The van der Waals surface area contributed by atoms with E-state index in [2.05, 4.69) is 10.0 Å². The first-order valence-electron chi connectivity index (χ1n) is 10.8. The van der Waals surface area contributed by atoms with Gasteiger partial charge in [-0.15, -0.1) is 0 Å². The van der Waals surface area contributed by atoms with Gasteiger partial charge in [0.2, 0.25) is 15.9 Å². The number of sulfonamides is 1. The number of halogens is 1. The van der Waals surface area contributed by atoms with Crippen LogP contribution in [0.15, 0.2) is 77.7 Å². The lowest BCUT2D eigenvalue weighted by Gasteiger charge is -2.10. The molecule has 1 amide bonds. The molecule has 0 bridgehead atoms. The van der Waals surface area contributed by atoms with Crippen LogP contribution in [0.3, 0.4) is 0 Å². The molecule has 3 aromatic rings. The van der Waals surface area contributed by atoms with Crippen molar-refractivity contribution in [1.29, 1.82) is 0 Å². The molecule has 0 heterocycles. The molecule has 0 aliphatic heterocycles. The van der Waals surface area contributed by atoms with Gasteiger partial charge in [-0.05, 0) is 66.8 Å². The second kappa shape index (κ2) is 10.1. The fourth-order valence-corrected chi connectivity index (χ4v) is 4.52. The van der Waals surface area contributed by atoms with Crippen LogP contribution in [0.1, 0.15) is 30.4 Å². The number of aryl methyl sites for hydroxylation is 1. The van der Waals surface area contributed by atoms with Crippen molar-refractivity contribution < 1.29 is 22.3 Å². The number of anilines is 1. The van der Waals surface area contributed by atoms with Crippen molar-refractivity contribution in [2.75, 3.05) is 5.32 Å². The third-order valence-electron chi connectivity index (χ3n) is 5.21. The first-order valence-corrected chi connectivity index (χ1v) is 12.2. The quantitative estimate of drug-likeness (QED) is 0.461. The molecule has 0 saturated heterocycles. The van der Waals surface area contributed by atoms with E-state index in [0.717, 1.165) is 24.0 Å². The molecule has 0 aromatic heterocycles. The Hall–Kier alpha value is -3.23. The molecule has 0 unspecified atom stereocenters. The number of amides is 1. The van der Waals surface area contributed by atoms with Gasteiger partial charge >= 0.3 is 0 Å². The van der Waals surface area contributed by atoms with E-state index < -0.39 is 10.0 Å². The highest BCUT2D eigenvalue weighted by Gasteiger charge is 2.27. The maximum atomic E-state index is 13.0. The van der Waals surface area contributed by atoms with E-state index in [9.17, 15) is 17.6 Å². The Bertz CT molecular complexity index is 1210. The summed E-state index contributed by atoms with van der Waals surface area (Å²) in [5, 5.41) is 2.85. The van der Waals surface area contributed by atoms with Crippen LogP contribution in [0.2, 0.25) is 0 Å². The molecule has 0 atom stereocenters. The van der Waals surface area contributed by atoms with Crippen molar-refractivity contribution in [1.82, 2.24) is 4.72 Å². The minimum atomic E-state index is -3.47. The standard InChI is InChI=1S/C25H25FN2O4S/c26-20-9-4-19(5-10-20)17-32-23-3-1-2-22(16-23)27-25(29)15-8-18-6-13-24(14-7-18)33(30,31)28-21-11-12-21/h1-7,9-10,13-14,16,21,28H,8,11-12,15,17H2,(H,27,29). The zero-order valence-corrected chi connectivity index (χ0v) is 18.8. The Balaban J connectivity index is 1.26. The maximum absolute atomic E-state index is 13.0. The normalized spacial score (nSPS) is 13.5. The van der Waals surface area contributed by atoms with Gasteiger partial charge < -0.3 is 10.1 Å². The molecule has 1 fully saturated rings. The Morgan fingerprint density at radius 1 is 0.970 bits per heavy atom. The second-order valence-corrected chi connectivity index (χ2v) is 9.74. The van der Waals surface area contributed by atoms with Crippen LogP contribution in [-0.2, 0) is 27.8 Å². The van der Waals surface area contributed by atoms with Gasteiger partial charge in [0.25, 0.3) is 0 Å². The average molecular weight is 469 g/mol. The Morgan fingerprint density at radius 3 is 2.36 bits per heavy atom. The molecule has 4 rings (SSSR count). The number of ether oxygens (including phenoxy) is 1. The lowest BCUT2D eigenvalue weighted by Crippen LogP contribution is -2.25. The van der Waals surface area contributed by atoms with Crippen LogP contribution in [0.5, 0.6) is 5.75 Å². The van der Waals surface area contributed by atoms with Gasteiger partial charge in [-0.1, -0.05) is 30.3 Å². The number of hydrogen-bond donors (Lipinski definition) is 2. The molecule has 3 aromatic carbocycles. The summed E-state index contributed by atoms with van der Waals surface area (Å²) < 4.78 is 45.8. The molecule has 172 valence electrons. The SMILES string of the molecule is O=C(CCc1ccc(S(=O)(=O)NC2CC2)cc1)Nc1cccc(OCc2ccc(F)cc2)c1. The number of rotatable bonds is 10. The second-order valence-electron chi connectivity index (χ2n) is 8.03. The van der Waals surface area contributed by atoms with E-state index in [4.69, 9.17) is 4.74 Å². The highest BCUT2D eigenvalue weighted by molar-refractivity contribution is 7.89. The van der Waals surface area contributed by atoms with Crippen LogP contribution >= 0.6 is 0 Å². The summed E-state index contributed by atoms with van der Waals surface area (Å²) in [6.45, 7) is 0.291. The van der Waals surface area contributed by atoms with Crippen LogP contribution in [0.4, 0.5) is 10.1 Å². The van der Waals surface area contributed by atoms with Crippen molar-refractivity contribution in [3.05, 3.63) is 89.7 Å². The van der Waals surface area contributed by atoms with E-state index >= 15 is 0 Å². The van der Waals surface area contributed by atoms with Crippen LogP contribution in [0.25, 0.3) is 0 Å². The molecule has 8 heteroatoms. The fourth-order valence-electron chi connectivity index (χ4n) is 3.22. The molecule has 6 nitrogen and oxygen atoms in total. The predicted molar refractivity (Wildman–Crippen MR) is 124 cm³/mol. The van der Waals surface area contributed by atoms with Crippen LogP contribution < -0.4 is 14.8 Å². The summed E-state index contributed by atoms with van der Waals surface area (Å²) in [7, 11) is -3.47. The monoisotopic (exact) mass is 468 g/mol. The first kappa shape index (κ1) is 22.9. The highest BCUT2D eigenvalue weighted by atomic mass is 32.2. The maximum Gasteiger partial charge on any atom is 0.240 e. The van der Waals surface area contributed by atoms with Crippen molar-refractivity contribution in [2.24, 2.45) is 0 Å². The largest absolute Gasteiger partial charge is 0.489 e. The molecule has 1 aliphatic carbocycles. The third kappa shape index (κ3) is 6.87. The molecule has 1 aliphatic rings. The van der Waals surface area contributed by atoms with Gasteiger partial charge in [-0.2, -0.15) is 0 Å². The molecular formula is C25H25FN2O4S. The van der Waals surface area contributed by atoms with Gasteiger partial charge in [0, 0.05) is 24.2 Å². The predicted octanol–water partition coefficient (Wildman–Crippen LogP) is 4.42. The number of carbonyl (C=O) groups excluding carboxylic acids is 1. The van der Waals surface area contributed by atoms with Crippen LogP contribution in [0, 0.1) is 5.82 Å². The molecule has 1 saturated carbocycles. The van der Waals surface area contributed by atoms with Crippen LogP contribution in [-0.4, -0.2) is 20.4 Å². The van der Waals surface area contributed by atoms with E-state index in [0.29, 0.717) is 24.5 Å². The molecule has 0 radical (unpaired) electrons. The summed E-state index contributed by atoms with van der Waals surface area (Å²) in [5.41, 5.74) is 2.34. The average Bonchev–Trinajstić information content (AvgIpc) is 3.61. The Morgan fingerprint density at radius 2 is 1.67 bits per heavy atom. The topological polar surface area (TPSA) is 84.5 Å². The zero-order valence-electron chi connectivity index (χ0n) is 18.0. The Labute approximate surface area is 192 Å². The number of carbonyl (C=O) groups is 1. The summed E-state index contributed by atoms with van der Waals surface area (Å²) >= 11 is 0. The zero-order chi connectivity index (χ0) is 23.3. The van der Waals surface area contributed by atoms with Gasteiger partial charge in [-0.3, -0.25) is 4.79 Å². The molecule has 0 spiro atoms. The molecular weight excluding hydrogens is 443 g/mol. The van der Waals surface area contributed by atoms with E-state index in [1.54, 1.807) is 60.7 Å². The number of benzene rings is 3. The smallest absolute Gasteiger partial charge is 0.240 e. The minimum Gasteiger partial charge on any atom is -0.489 e. The van der Waals surface area contributed by atoms with Crippen molar-refractivity contribution in [3.63, 3.8) is 0 Å². The van der Waals surface area contributed by atoms with Gasteiger partial charge in [-0.25, -0.2) is 17.5 Å². The fraction of sp³-hybridized carbons (Fsp3) is 0.240. The van der Waals surface area contributed by atoms with E-state index in [1.165, 1.54) is 12.1 Å². The van der Waals surface area contributed by atoms with E-state index in [-0.39, 0.29) is 29.1 Å². The third-order valence-corrected chi connectivity index (χ3v) is 6.75. The molecule has 33 heavy (non-hydrogen) atoms. The van der Waals surface area contributed by atoms with E-state index in [1.807, 2.05) is 0 Å². The summed E-state index contributed by atoms with van der Waals surface area (Å²) in [6.07, 6.45) is 2.52. The van der Waals surface area contributed by atoms with Gasteiger partial charge in [0.15, 0.2) is 0 Å². The number of hydrogen-bond acceptors (Lipinski definition) is 4.